The zero-order valence-electron chi connectivity index (χ0n) is 57.9. The third kappa shape index (κ3) is 10.8. The standard InChI is InChI=1S/C90H48N6O16/c97-79-67-16-1-2-17-68(67)80(98)91(79)51-26-38-59(39-27-51)111-63-14-7-15-64(48-63)112-60-40-32-54(33-41-60)94-85(103)73-22-8-20-65(77(73)89(94)107)49-24-42-71-75(44-49)87(105)92(83(71)101)53-30-36-58(37-31-53)110-62-13-6-11-56(47-62)96-86(104)74-23-9-21-66(78(74)90(96)108)50-25-43-72-76(45-50)88(106)93(84(72)102)52-28-34-57(35-29-52)109-61-12-5-10-55(46-61)95-81(99)69-18-3-4-19-70(69)82(95)100/h1-48H. The zero-order chi connectivity index (χ0) is 76.5. The highest BCUT2D eigenvalue weighted by atomic mass is 16.5. The molecule has 0 N–H and O–H groups in total. The molecule has 0 spiro atoms. The van der Waals surface area contributed by atoms with Crippen LogP contribution in [-0.4, -0.2) is 70.9 Å². The first-order valence-electron chi connectivity index (χ1n) is 35.0. The third-order valence-electron chi connectivity index (χ3n) is 20.1. The second kappa shape index (κ2) is 25.9. The van der Waals surface area contributed by atoms with Gasteiger partial charge in [0, 0.05) is 18.2 Å². The normalized spacial score (nSPS) is 14.5. The molecule has 13 aromatic carbocycles. The number of rotatable bonds is 16. The number of hydrogen-bond acceptors (Lipinski definition) is 16. The molecule has 0 aliphatic carbocycles. The van der Waals surface area contributed by atoms with Crippen molar-refractivity contribution in [3.8, 4) is 68.2 Å². The SMILES string of the molecule is O=C1c2ccccc2C(=O)N1c1ccc(Oc2cccc(Oc3ccc(N4C(=O)c5cccc(-c6ccc7c(c6)C(=O)N(c6ccc(Oc8cccc(N9C(=O)c%10cccc(-c%11ccc%12c(c%11)C(=O)N(c%11ccc(Oc%13cccc(N%14C(=O)c%15ccccc%15C%14=O)c%13)cc%11)C%12=O)c%10C9=O)c8)cc6)C7=O)c5C4=O)cc3)c2)cc1. The summed E-state index contributed by atoms with van der Waals surface area (Å²) in [5.74, 6) is -3.74. The maximum atomic E-state index is 14.6. The number of benzene rings is 13. The van der Waals surface area contributed by atoms with Gasteiger partial charge in [0.2, 0.25) is 0 Å². The number of carbonyl (C=O) groups excluding carboxylic acids is 12. The van der Waals surface area contributed by atoms with E-state index in [-0.39, 0.29) is 78.8 Å². The number of carbonyl (C=O) groups is 12. The van der Waals surface area contributed by atoms with E-state index >= 15 is 0 Å². The van der Waals surface area contributed by atoms with Crippen LogP contribution >= 0.6 is 0 Å². The molecule has 22 nitrogen and oxygen atoms in total. The van der Waals surface area contributed by atoms with Crippen LogP contribution < -0.4 is 48.3 Å². The first-order chi connectivity index (χ1) is 54.5. The fourth-order valence-corrected chi connectivity index (χ4v) is 14.8. The Morgan fingerprint density at radius 1 is 0.152 bits per heavy atom. The summed E-state index contributed by atoms with van der Waals surface area (Å²) in [5, 5.41) is 0. The summed E-state index contributed by atoms with van der Waals surface area (Å²) >= 11 is 0. The molecule has 22 heteroatoms. The number of amides is 12. The highest BCUT2D eigenvalue weighted by Gasteiger charge is 2.45. The van der Waals surface area contributed by atoms with Crippen LogP contribution in [0, 0.1) is 0 Å². The van der Waals surface area contributed by atoms with E-state index in [1.807, 2.05) is 0 Å². The molecule has 0 radical (unpaired) electrons. The monoisotopic (exact) mass is 1470 g/mol. The Balaban J connectivity index is 0.490. The lowest BCUT2D eigenvalue weighted by Gasteiger charge is -2.16. The third-order valence-corrected chi connectivity index (χ3v) is 20.1. The molecule has 13 aromatic rings. The molecule has 534 valence electrons. The van der Waals surface area contributed by atoms with Gasteiger partial charge in [0.25, 0.3) is 70.9 Å². The second-order valence-electron chi connectivity index (χ2n) is 26.6. The summed E-state index contributed by atoms with van der Waals surface area (Å²) < 4.78 is 24.6. The molecule has 6 aliphatic heterocycles. The van der Waals surface area contributed by atoms with Crippen molar-refractivity contribution in [1.82, 2.24) is 0 Å². The molecule has 6 aliphatic rings. The van der Waals surface area contributed by atoms with Gasteiger partial charge in [-0.15, -0.1) is 0 Å². The Bertz CT molecular complexity index is 6380. The molecule has 0 aromatic heterocycles. The van der Waals surface area contributed by atoms with E-state index in [2.05, 4.69) is 0 Å². The van der Waals surface area contributed by atoms with Crippen molar-refractivity contribution in [3.63, 3.8) is 0 Å². The van der Waals surface area contributed by atoms with Crippen molar-refractivity contribution in [2.75, 3.05) is 29.4 Å². The van der Waals surface area contributed by atoms with Crippen molar-refractivity contribution in [1.29, 1.82) is 0 Å². The minimum atomic E-state index is -0.649. The largest absolute Gasteiger partial charge is 0.457 e. The molecule has 0 fully saturated rings. The van der Waals surface area contributed by atoms with Crippen molar-refractivity contribution >= 4 is 105 Å². The van der Waals surface area contributed by atoms with Crippen molar-refractivity contribution in [2.45, 2.75) is 0 Å². The van der Waals surface area contributed by atoms with Gasteiger partial charge in [-0.2, -0.15) is 0 Å². The van der Waals surface area contributed by atoms with Crippen molar-refractivity contribution in [2.24, 2.45) is 0 Å². The number of fused-ring (bicyclic) bond motifs is 6. The van der Waals surface area contributed by atoms with Gasteiger partial charge in [-0.1, -0.05) is 78.9 Å². The smallest absolute Gasteiger partial charge is 0.266 e. The maximum absolute atomic E-state index is 14.6. The van der Waals surface area contributed by atoms with E-state index in [0.717, 1.165) is 29.4 Å². The minimum absolute atomic E-state index is 0.0701. The molecule has 0 unspecified atom stereocenters. The lowest BCUT2D eigenvalue weighted by molar-refractivity contribution is 0.0910. The van der Waals surface area contributed by atoms with Gasteiger partial charge in [-0.3, -0.25) is 57.5 Å². The van der Waals surface area contributed by atoms with Crippen molar-refractivity contribution < 1.29 is 76.5 Å². The Hall–Kier alpha value is -16.1. The fourth-order valence-electron chi connectivity index (χ4n) is 14.8. The predicted octanol–water partition coefficient (Wildman–Crippen LogP) is 17.0. The van der Waals surface area contributed by atoms with Crippen LogP contribution in [0.3, 0.4) is 0 Å². The highest BCUT2D eigenvalue weighted by Crippen LogP contribution is 2.44. The number of anilines is 6. The molecule has 12 amide bonds. The number of nitrogens with zero attached hydrogens (tertiary/aromatic N) is 6. The predicted molar refractivity (Wildman–Crippen MR) is 409 cm³/mol. The fraction of sp³-hybridized carbons (Fsp3) is 0. The average Bonchev–Trinajstić information content (AvgIpc) is 1.59. The highest BCUT2D eigenvalue weighted by molar-refractivity contribution is 6.40. The number of imide groups is 6. The van der Waals surface area contributed by atoms with Gasteiger partial charge >= 0.3 is 0 Å². The Kier molecular flexibility index (Phi) is 15.4. The van der Waals surface area contributed by atoms with Crippen LogP contribution in [0.5, 0.6) is 46.0 Å². The quantitative estimate of drug-likeness (QED) is 0.0814. The summed E-state index contributed by atoms with van der Waals surface area (Å²) in [7, 11) is 0. The van der Waals surface area contributed by atoms with Crippen LogP contribution in [0.2, 0.25) is 0 Å². The Morgan fingerprint density at radius 2 is 0.384 bits per heavy atom. The van der Waals surface area contributed by atoms with E-state index in [1.54, 1.807) is 243 Å². The number of hydrogen-bond donors (Lipinski definition) is 0. The molecule has 0 saturated carbocycles. The first-order valence-corrected chi connectivity index (χ1v) is 35.0. The Morgan fingerprint density at radius 3 is 0.714 bits per heavy atom. The molecule has 0 atom stereocenters. The van der Waals surface area contributed by atoms with Gasteiger partial charge in [-0.05, 0) is 216 Å². The summed E-state index contributed by atoms with van der Waals surface area (Å²) in [6, 6.07) is 77.2. The minimum Gasteiger partial charge on any atom is -0.457 e. The van der Waals surface area contributed by atoms with Gasteiger partial charge < -0.3 is 18.9 Å². The van der Waals surface area contributed by atoms with Crippen LogP contribution in [0.15, 0.2) is 291 Å². The zero-order valence-corrected chi connectivity index (χ0v) is 57.9. The maximum Gasteiger partial charge on any atom is 0.266 e. The van der Waals surface area contributed by atoms with E-state index in [0.29, 0.717) is 90.4 Å². The Labute approximate surface area is 633 Å². The summed E-state index contributed by atoms with van der Waals surface area (Å²) in [6.07, 6.45) is 0. The summed E-state index contributed by atoms with van der Waals surface area (Å²) in [4.78, 5) is 173. The van der Waals surface area contributed by atoms with E-state index < -0.39 is 70.9 Å². The van der Waals surface area contributed by atoms with Crippen LogP contribution in [0.4, 0.5) is 34.1 Å². The van der Waals surface area contributed by atoms with Gasteiger partial charge in [0.1, 0.15) is 46.0 Å². The van der Waals surface area contributed by atoms with E-state index in [4.69, 9.17) is 18.9 Å². The average molecular weight is 1470 g/mol. The summed E-state index contributed by atoms with van der Waals surface area (Å²) in [5.41, 5.74) is 5.26. The molecule has 6 heterocycles. The first kappa shape index (κ1) is 66.6. The second-order valence-corrected chi connectivity index (χ2v) is 26.6. The topological polar surface area (TPSA) is 261 Å². The molecular weight excluding hydrogens is 1420 g/mol. The van der Waals surface area contributed by atoms with Gasteiger partial charge in [0.15, 0.2) is 0 Å². The van der Waals surface area contributed by atoms with Crippen LogP contribution in [0.25, 0.3) is 22.3 Å². The van der Waals surface area contributed by atoms with Crippen LogP contribution in [-0.2, 0) is 0 Å². The molecule has 0 bridgehead atoms. The lowest BCUT2D eigenvalue weighted by atomic mass is 9.94. The van der Waals surface area contributed by atoms with E-state index in [9.17, 15) is 57.5 Å². The van der Waals surface area contributed by atoms with Crippen molar-refractivity contribution in [3.05, 3.63) is 358 Å². The molecular formula is C90H48N6O16. The summed E-state index contributed by atoms with van der Waals surface area (Å²) in [6.45, 7) is 0. The molecule has 0 saturated heterocycles. The van der Waals surface area contributed by atoms with Gasteiger partial charge in [-0.25, -0.2) is 29.4 Å². The molecule has 19 rings (SSSR count). The van der Waals surface area contributed by atoms with Crippen LogP contribution in [0.1, 0.15) is 124 Å². The number of ether oxygens (including phenoxy) is 4. The van der Waals surface area contributed by atoms with E-state index in [1.165, 1.54) is 48.5 Å². The molecule has 112 heavy (non-hydrogen) atoms. The lowest BCUT2D eigenvalue weighted by Crippen LogP contribution is -2.29. The van der Waals surface area contributed by atoms with Gasteiger partial charge in [0.05, 0.1) is 101 Å².